The number of hydrogen-bond donors (Lipinski definition) is 0. The number of hydrogen-bond acceptors (Lipinski definition) is 3. The molecule has 1 aromatic carbocycles. The van der Waals surface area contributed by atoms with Gasteiger partial charge in [0.15, 0.2) is 0 Å². The van der Waals surface area contributed by atoms with Crippen molar-refractivity contribution in [1.82, 2.24) is 9.80 Å². The van der Waals surface area contributed by atoms with Crippen LogP contribution in [0.15, 0.2) is 24.3 Å². The third-order valence-electron chi connectivity index (χ3n) is 5.22. The highest BCUT2D eigenvalue weighted by molar-refractivity contribution is 8.00. The van der Waals surface area contributed by atoms with Crippen LogP contribution in [-0.2, 0) is 15.8 Å². The molecule has 0 bridgehead atoms. The lowest BCUT2D eigenvalue weighted by Crippen LogP contribution is -2.42. The van der Waals surface area contributed by atoms with Gasteiger partial charge in [0.05, 0.1) is 11.3 Å². The van der Waals surface area contributed by atoms with Gasteiger partial charge in [-0.15, -0.1) is 11.8 Å². The molecule has 1 atom stereocenters. The molecule has 2 amide bonds. The first-order chi connectivity index (χ1) is 12.8. The fraction of sp³-hybridized carbons (Fsp3) is 0.579. The summed E-state index contributed by atoms with van der Waals surface area (Å²) in [6, 6.07) is 5.08. The number of benzene rings is 1. The lowest BCUT2D eigenvalue weighted by molar-refractivity contribution is -0.137. The highest BCUT2D eigenvalue weighted by Crippen LogP contribution is 2.40. The van der Waals surface area contributed by atoms with Crippen molar-refractivity contribution in [2.75, 3.05) is 25.4 Å². The summed E-state index contributed by atoms with van der Waals surface area (Å²) in [5, 5.41) is -0.241. The molecular weight excluding hydrogens is 377 g/mol. The van der Waals surface area contributed by atoms with Crippen molar-refractivity contribution in [3.8, 4) is 0 Å². The molecule has 2 fully saturated rings. The Hall–Kier alpha value is -1.70. The largest absolute Gasteiger partial charge is 0.416 e. The second-order valence-electron chi connectivity index (χ2n) is 7.01. The second-order valence-corrected chi connectivity index (χ2v) is 8.08. The molecule has 0 aliphatic carbocycles. The lowest BCUT2D eigenvalue weighted by Gasteiger charge is -2.35. The van der Waals surface area contributed by atoms with Gasteiger partial charge in [-0.25, -0.2) is 0 Å². The predicted molar refractivity (Wildman–Crippen MR) is 98.0 cm³/mol. The smallest absolute Gasteiger partial charge is 0.343 e. The topological polar surface area (TPSA) is 40.6 Å². The van der Waals surface area contributed by atoms with E-state index < -0.39 is 11.7 Å². The highest BCUT2D eigenvalue weighted by Gasteiger charge is 2.36. The lowest BCUT2D eigenvalue weighted by atomic mass is 9.95. The Morgan fingerprint density at radius 2 is 1.81 bits per heavy atom. The van der Waals surface area contributed by atoms with E-state index in [9.17, 15) is 22.8 Å². The van der Waals surface area contributed by atoms with Gasteiger partial charge in [0.2, 0.25) is 11.8 Å². The Morgan fingerprint density at radius 1 is 1.19 bits per heavy atom. The molecule has 148 valence electrons. The Balaban J connectivity index is 1.64. The highest BCUT2D eigenvalue weighted by atomic mass is 32.2. The number of piperidine rings is 1. The van der Waals surface area contributed by atoms with E-state index in [-0.39, 0.29) is 17.2 Å². The molecule has 4 nitrogen and oxygen atoms in total. The summed E-state index contributed by atoms with van der Waals surface area (Å²) in [6.45, 7) is 3.85. The van der Waals surface area contributed by atoms with Crippen LogP contribution in [-0.4, -0.2) is 47.0 Å². The van der Waals surface area contributed by atoms with E-state index in [1.807, 2.05) is 11.8 Å². The second kappa shape index (κ2) is 8.12. The average Bonchev–Trinajstić information content (AvgIpc) is 3.01. The molecule has 27 heavy (non-hydrogen) atoms. The van der Waals surface area contributed by atoms with Crippen molar-refractivity contribution in [1.29, 1.82) is 0 Å². The number of carbonyl (C=O) groups excluding carboxylic acids is 2. The molecule has 3 rings (SSSR count). The number of likely N-dealkylation sites (tertiary alicyclic amines) is 1. The van der Waals surface area contributed by atoms with E-state index >= 15 is 0 Å². The van der Waals surface area contributed by atoms with Crippen molar-refractivity contribution in [2.45, 2.75) is 37.7 Å². The molecule has 0 N–H and O–H groups in total. The van der Waals surface area contributed by atoms with Gasteiger partial charge in [-0.2, -0.15) is 13.2 Å². The SMILES string of the molecule is CCC(=O)N1CCC(CN2C(=O)CSC2c2ccc(C(F)(F)F)cc2)CC1. The molecule has 2 saturated heterocycles. The number of rotatable bonds is 4. The Morgan fingerprint density at radius 3 is 2.37 bits per heavy atom. The number of alkyl halides is 3. The van der Waals surface area contributed by atoms with E-state index in [2.05, 4.69) is 0 Å². The normalized spacial score (nSPS) is 21.8. The molecule has 2 aliphatic rings. The van der Waals surface area contributed by atoms with Crippen LogP contribution in [0.5, 0.6) is 0 Å². The van der Waals surface area contributed by atoms with Crippen molar-refractivity contribution >= 4 is 23.6 Å². The van der Waals surface area contributed by atoms with E-state index in [0.29, 0.717) is 37.7 Å². The van der Waals surface area contributed by atoms with Crippen LogP contribution in [0.1, 0.15) is 42.7 Å². The zero-order valence-corrected chi connectivity index (χ0v) is 16.0. The Bertz CT molecular complexity index is 685. The van der Waals surface area contributed by atoms with E-state index in [1.54, 1.807) is 4.90 Å². The number of thioether (sulfide) groups is 1. The van der Waals surface area contributed by atoms with Gasteiger partial charge in [-0.05, 0) is 36.5 Å². The van der Waals surface area contributed by atoms with Crippen LogP contribution >= 0.6 is 11.8 Å². The quantitative estimate of drug-likeness (QED) is 0.769. The molecule has 1 unspecified atom stereocenters. The number of amides is 2. The maximum Gasteiger partial charge on any atom is 0.416 e. The van der Waals surface area contributed by atoms with Crippen molar-refractivity contribution < 1.29 is 22.8 Å². The first kappa shape index (κ1) is 20.0. The van der Waals surface area contributed by atoms with Crippen molar-refractivity contribution in [2.24, 2.45) is 5.92 Å². The number of halogens is 3. The first-order valence-electron chi connectivity index (χ1n) is 9.15. The van der Waals surface area contributed by atoms with Gasteiger partial charge in [0, 0.05) is 26.1 Å². The molecule has 8 heteroatoms. The third kappa shape index (κ3) is 4.59. The zero-order chi connectivity index (χ0) is 19.6. The molecule has 0 saturated carbocycles. The van der Waals surface area contributed by atoms with Crippen LogP contribution in [0.25, 0.3) is 0 Å². The third-order valence-corrected chi connectivity index (χ3v) is 6.47. The van der Waals surface area contributed by atoms with Crippen LogP contribution in [0, 0.1) is 5.92 Å². The summed E-state index contributed by atoms with van der Waals surface area (Å²) in [7, 11) is 0. The van der Waals surface area contributed by atoms with Gasteiger partial charge < -0.3 is 9.80 Å². The maximum absolute atomic E-state index is 12.8. The molecule has 2 heterocycles. The van der Waals surface area contributed by atoms with Crippen LogP contribution in [0.2, 0.25) is 0 Å². The predicted octanol–water partition coefficient (Wildman–Crippen LogP) is 3.93. The van der Waals surface area contributed by atoms with Gasteiger partial charge in [0.1, 0.15) is 5.37 Å². The Kier molecular flexibility index (Phi) is 6.03. The molecule has 2 aliphatic heterocycles. The first-order valence-corrected chi connectivity index (χ1v) is 10.2. The molecular formula is C19H23F3N2O2S. The summed E-state index contributed by atoms with van der Waals surface area (Å²) in [5.41, 5.74) is 0.0394. The number of nitrogens with zero attached hydrogens (tertiary/aromatic N) is 2. The van der Waals surface area contributed by atoms with Gasteiger partial charge in [-0.1, -0.05) is 19.1 Å². The number of carbonyl (C=O) groups is 2. The summed E-state index contributed by atoms with van der Waals surface area (Å²) in [4.78, 5) is 27.8. The fourth-order valence-corrected chi connectivity index (χ4v) is 4.83. The molecule has 1 aromatic rings. The molecule has 0 aromatic heterocycles. The van der Waals surface area contributed by atoms with E-state index in [1.165, 1.54) is 23.9 Å². The van der Waals surface area contributed by atoms with E-state index in [0.717, 1.165) is 30.5 Å². The molecule has 0 radical (unpaired) electrons. The molecule has 0 spiro atoms. The monoisotopic (exact) mass is 400 g/mol. The standard InChI is InChI=1S/C19H23F3N2O2S/c1-2-16(25)23-9-7-13(8-10-23)11-24-17(26)12-27-18(24)14-3-5-15(6-4-14)19(20,21)22/h3-6,13,18H,2,7-12H2,1H3. The fourth-order valence-electron chi connectivity index (χ4n) is 3.63. The summed E-state index contributed by atoms with van der Waals surface area (Å²) < 4.78 is 38.3. The van der Waals surface area contributed by atoms with Gasteiger partial charge >= 0.3 is 6.18 Å². The minimum atomic E-state index is -4.36. The maximum atomic E-state index is 12.8. The summed E-state index contributed by atoms with van der Waals surface area (Å²) in [6.07, 6.45) is -2.16. The van der Waals surface area contributed by atoms with Crippen LogP contribution in [0.4, 0.5) is 13.2 Å². The van der Waals surface area contributed by atoms with Gasteiger partial charge in [0.25, 0.3) is 0 Å². The van der Waals surface area contributed by atoms with Crippen molar-refractivity contribution in [3.63, 3.8) is 0 Å². The van der Waals surface area contributed by atoms with Crippen LogP contribution < -0.4 is 0 Å². The average molecular weight is 400 g/mol. The Labute approximate surface area is 161 Å². The van der Waals surface area contributed by atoms with Crippen LogP contribution in [0.3, 0.4) is 0 Å². The summed E-state index contributed by atoms with van der Waals surface area (Å²) >= 11 is 1.45. The van der Waals surface area contributed by atoms with Gasteiger partial charge in [-0.3, -0.25) is 9.59 Å². The zero-order valence-electron chi connectivity index (χ0n) is 15.2. The summed E-state index contributed by atoms with van der Waals surface area (Å²) in [5.74, 6) is 0.838. The minimum Gasteiger partial charge on any atom is -0.343 e. The van der Waals surface area contributed by atoms with E-state index in [4.69, 9.17) is 0 Å². The minimum absolute atomic E-state index is 0.0250. The van der Waals surface area contributed by atoms with Crippen molar-refractivity contribution in [3.05, 3.63) is 35.4 Å².